The average molecular weight is 383 g/mol. The van der Waals surface area contributed by atoms with Crippen molar-refractivity contribution in [3.05, 3.63) is 47.5 Å². The molecule has 0 aliphatic carbocycles. The Balaban J connectivity index is 1.37. The zero-order chi connectivity index (χ0) is 18.8. The molecule has 0 fully saturated rings. The van der Waals surface area contributed by atoms with Crippen molar-refractivity contribution in [1.82, 2.24) is 10.2 Å². The number of anilines is 1. The molecule has 2 heterocycles. The molecule has 1 aliphatic heterocycles. The minimum Gasteiger partial charge on any atom is -0.454 e. The van der Waals surface area contributed by atoms with Crippen LogP contribution in [0.5, 0.6) is 11.5 Å². The first kappa shape index (κ1) is 17.4. The largest absolute Gasteiger partial charge is 0.454 e. The molecule has 0 atom stereocenters. The number of hydrogen-bond acceptors (Lipinski definition) is 7. The number of benzene rings is 2. The van der Waals surface area contributed by atoms with E-state index in [9.17, 15) is 4.79 Å². The third-order valence-electron chi connectivity index (χ3n) is 4.01. The van der Waals surface area contributed by atoms with Crippen LogP contribution in [-0.2, 0) is 4.79 Å². The molecular formula is C19H17N3O4S. The molecule has 1 aliphatic rings. The third-order valence-corrected chi connectivity index (χ3v) is 4.83. The van der Waals surface area contributed by atoms with Gasteiger partial charge in [0.1, 0.15) is 0 Å². The lowest BCUT2D eigenvalue weighted by Crippen LogP contribution is -2.14. The molecule has 8 heteroatoms. The van der Waals surface area contributed by atoms with E-state index in [2.05, 4.69) is 15.5 Å². The van der Waals surface area contributed by atoms with E-state index in [1.54, 1.807) is 12.1 Å². The molecule has 4 rings (SSSR count). The summed E-state index contributed by atoms with van der Waals surface area (Å²) in [7, 11) is 0. The summed E-state index contributed by atoms with van der Waals surface area (Å²) in [5, 5.41) is 11.2. The van der Waals surface area contributed by atoms with Gasteiger partial charge in [-0.15, -0.1) is 10.2 Å². The van der Waals surface area contributed by atoms with Crippen LogP contribution in [0.4, 0.5) is 5.69 Å². The van der Waals surface area contributed by atoms with Crippen LogP contribution < -0.4 is 14.8 Å². The van der Waals surface area contributed by atoms with Crippen LogP contribution in [0.25, 0.3) is 11.5 Å². The van der Waals surface area contributed by atoms with E-state index in [0.717, 1.165) is 22.4 Å². The monoisotopic (exact) mass is 383 g/mol. The summed E-state index contributed by atoms with van der Waals surface area (Å²) in [6.07, 6.45) is 0. The minimum absolute atomic E-state index is 0.130. The van der Waals surface area contributed by atoms with Gasteiger partial charge in [-0.3, -0.25) is 4.79 Å². The molecule has 0 saturated carbocycles. The molecule has 7 nitrogen and oxygen atoms in total. The summed E-state index contributed by atoms with van der Waals surface area (Å²) < 4.78 is 16.3. The maximum absolute atomic E-state index is 12.2. The second-order valence-corrected chi connectivity index (χ2v) is 7.02. The van der Waals surface area contributed by atoms with Crippen molar-refractivity contribution in [2.75, 3.05) is 17.9 Å². The lowest BCUT2D eigenvalue weighted by atomic mass is 10.1. The number of nitrogens with zero attached hydrogens (tertiary/aromatic N) is 2. The summed E-state index contributed by atoms with van der Waals surface area (Å²) in [5.41, 5.74) is 3.72. The Morgan fingerprint density at radius 2 is 1.96 bits per heavy atom. The maximum Gasteiger partial charge on any atom is 0.277 e. The highest BCUT2D eigenvalue weighted by atomic mass is 32.2. The van der Waals surface area contributed by atoms with Crippen LogP contribution in [0.15, 0.2) is 46.0 Å². The van der Waals surface area contributed by atoms with Crippen molar-refractivity contribution in [3.63, 3.8) is 0 Å². The van der Waals surface area contributed by atoms with Gasteiger partial charge in [0.2, 0.25) is 18.6 Å². The Labute approximate surface area is 160 Å². The number of carbonyl (C=O) groups excluding carboxylic acids is 1. The number of ether oxygens (including phenoxy) is 2. The van der Waals surface area contributed by atoms with Gasteiger partial charge in [0.15, 0.2) is 11.5 Å². The van der Waals surface area contributed by atoms with Crippen molar-refractivity contribution in [3.8, 4) is 23.0 Å². The van der Waals surface area contributed by atoms with Crippen molar-refractivity contribution in [2.24, 2.45) is 0 Å². The number of hydrogen-bond donors (Lipinski definition) is 1. The standard InChI is InChI=1S/C19H17N3O4S/c1-11-3-5-14(12(2)7-11)20-17(23)9-27-19-22-21-18(26-19)13-4-6-15-16(8-13)25-10-24-15/h3-8H,9-10H2,1-2H3,(H,20,23). The molecule has 3 aromatic rings. The van der Waals surface area contributed by atoms with E-state index in [0.29, 0.717) is 22.6 Å². The number of rotatable bonds is 5. The number of thioether (sulfide) groups is 1. The third kappa shape index (κ3) is 3.90. The molecule has 2 aromatic carbocycles. The molecule has 1 N–H and O–H groups in total. The van der Waals surface area contributed by atoms with Gasteiger partial charge in [0, 0.05) is 11.3 Å². The smallest absolute Gasteiger partial charge is 0.277 e. The van der Waals surface area contributed by atoms with Crippen molar-refractivity contribution >= 4 is 23.4 Å². The van der Waals surface area contributed by atoms with Gasteiger partial charge in [-0.1, -0.05) is 29.5 Å². The molecule has 27 heavy (non-hydrogen) atoms. The van der Waals surface area contributed by atoms with Crippen LogP contribution in [0, 0.1) is 13.8 Å². The van der Waals surface area contributed by atoms with E-state index in [1.165, 1.54) is 11.8 Å². The molecule has 1 amide bonds. The van der Waals surface area contributed by atoms with Crippen LogP contribution in [-0.4, -0.2) is 28.7 Å². The number of amides is 1. The van der Waals surface area contributed by atoms with Crippen molar-refractivity contribution in [2.45, 2.75) is 19.1 Å². The van der Waals surface area contributed by atoms with E-state index in [1.807, 2.05) is 38.1 Å². The topological polar surface area (TPSA) is 86.5 Å². The van der Waals surface area contributed by atoms with E-state index in [-0.39, 0.29) is 18.5 Å². The number of aromatic nitrogens is 2. The minimum atomic E-state index is -0.130. The average Bonchev–Trinajstić information content (AvgIpc) is 3.30. The Bertz CT molecular complexity index is 1000. The Morgan fingerprint density at radius 3 is 2.81 bits per heavy atom. The van der Waals surface area contributed by atoms with Crippen LogP contribution in [0.2, 0.25) is 0 Å². The molecule has 0 unspecified atom stereocenters. The summed E-state index contributed by atoms with van der Waals surface area (Å²) in [5.74, 6) is 1.75. The van der Waals surface area contributed by atoms with Gasteiger partial charge in [0.25, 0.3) is 5.22 Å². The van der Waals surface area contributed by atoms with Crippen LogP contribution >= 0.6 is 11.8 Å². The lowest BCUT2D eigenvalue weighted by molar-refractivity contribution is -0.113. The first-order valence-corrected chi connectivity index (χ1v) is 9.30. The summed E-state index contributed by atoms with van der Waals surface area (Å²) >= 11 is 1.19. The van der Waals surface area contributed by atoms with E-state index < -0.39 is 0 Å². The summed E-state index contributed by atoms with van der Waals surface area (Å²) in [6, 6.07) is 11.3. The molecule has 138 valence electrons. The predicted octanol–water partition coefficient (Wildman–Crippen LogP) is 3.81. The first-order chi connectivity index (χ1) is 13.1. The van der Waals surface area contributed by atoms with Crippen molar-refractivity contribution in [1.29, 1.82) is 0 Å². The Morgan fingerprint density at radius 1 is 1.11 bits per heavy atom. The highest BCUT2D eigenvalue weighted by Gasteiger charge is 2.17. The fourth-order valence-corrected chi connectivity index (χ4v) is 3.24. The Hall–Kier alpha value is -3.00. The molecule has 1 aromatic heterocycles. The quantitative estimate of drug-likeness (QED) is 0.670. The van der Waals surface area contributed by atoms with Crippen LogP contribution in [0.3, 0.4) is 0 Å². The SMILES string of the molecule is Cc1ccc(NC(=O)CSc2nnc(-c3ccc4c(c3)OCO4)o2)c(C)c1. The molecule has 0 radical (unpaired) electrons. The van der Waals surface area contributed by atoms with Gasteiger partial charge in [-0.05, 0) is 43.7 Å². The molecule has 0 spiro atoms. The fraction of sp³-hybridized carbons (Fsp3) is 0.211. The zero-order valence-electron chi connectivity index (χ0n) is 14.8. The molecule has 0 saturated heterocycles. The second-order valence-electron chi connectivity index (χ2n) is 6.10. The highest BCUT2D eigenvalue weighted by Crippen LogP contribution is 2.36. The number of nitrogens with one attached hydrogen (secondary N) is 1. The fourth-order valence-electron chi connectivity index (χ4n) is 2.68. The summed E-state index contributed by atoms with van der Waals surface area (Å²) in [6.45, 7) is 4.19. The highest BCUT2D eigenvalue weighted by molar-refractivity contribution is 7.99. The maximum atomic E-state index is 12.2. The number of aryl methyl sites for hydroxylation is 2. The van der Waals surface area contributed by atoms with Gasteiger partial charge < -0.3 is 19.2 Å². The van der Waals surface area contributed by atoms with Crippen LogP contribution in [0.1, 0.15) is 11.1 Å². The van der Waals surface area contributed by atoms with Gasteiger partial charge in [-0.25, -0.2) is 0 Å². The Kier molecular flexibility index (Phi) is 4.72. The van der Waals surface area contributed by atoms with E-state index >= 15 is 0 Å². The second kappa shape index (κ2) is 7.32. The molecular weight excluding hydrogens is 366 g/mol. The first-order valence-electron chi connectivity index (χ1n) is 8.32. The summed E-state index contributed by atoms with van der Waals surface area (Å²) in [4.78, 5) is 12.2. The number of fused-ring (bicyclic) bond motifs is 1. The lowest BCUT2D eigenvalue weighted by Gasteiger charge is -2.08. The van der Waals surface area contributed by atoms with Crippen molar-refractivity contribution < 1.29 is 18.7 Å². The van der Waals surface area contributed by atoms with Gasteiger partial charge in [-0.2, -0.15) is 0 Å². The number of carbonyl (C=O) groups is 1. The van der Waals surface area contributed by atoms with Gasteiger partial charge in [0.05, 0.1) is 5.75 Å². The predicted molar refractivity (Wildman–Crippen MR) is 101 cm³/mol. The molecule has 0 bridgehead atoms. The zero-order valence-corrected chi connectivity index (χ0v) is 15.6. The normalized spacial score (nSPS) is 12.2. The van der Waals surface area contributed by atoms with E-state index in [4.69, 9.17) is 13.9 Å². The van der Waals surface area contributed by atoms with Gasteiger partial charge >= 0.3 is 0 Å².